The van der Waals surface area contributed by atoms with E-state index in [0.29, 0.717) is 5.69 Å². The Morgan fingerprint density at radius 3 is 2.00 bits per heavy atom. The lowest BCUT2D eigenvalue weighted by Crippen LogP contribution is -2.43. The summed E-state index contributed by atoms with van der Waals surface area (Å²) >= 11 is 0. The molecule has 3 rings (SSSR count). The van der Waals surface area contributed by atoms with E-state index in [2.05, 4.69) is 0 Å². The van der Waals surface area contributed by atoms with Crippen molar-refractivity contribution in [3.8, 4) is 0 Å². The van der Waals surface area contributed by atoms with E-state index in [4.69, 9.17) is 19.9 Å². The first-order valence-electron chi connectivity index (χ1n) is 12.0. The molecular weight excluding hydrogens is 494 g/mol. The van der Waals surface area contributed by atoms with Crippen LogP contribution in [0.2, 0.25) is 0 Å². The first kappa shape index (κ1) is 27.9. The molecule has 0 fully saturated rings. The fraction of sp³-hybridized carbons (Fsp3) is 0.296. The van der Waals surface area contributed by atoms with Crippen LogP contribution in [0.15, 0.2) is 71.2 Å². The van der Waals surface area contributed by atoms with E-state index in [1.54, 1.807) is 45.0 Å². The van der Waals surface area contributed by atoms with Gasteiger partial charge in [0.1, 0.15) is 11.5 Å². The minimum Gasteiger partial charge on any atom is -0.463 e. The Morgan fingerprint density at radius 2 is 1.45 bits per heavy atom. The molecule has 0 saturated carbocycles. The molecule has 0 saturated heterocycles. The number of benzene rings is 2. The summed E-state index contributed by atoms with van der Waals surface area (Å²) < 4.78 is 15.9. The van der Waals surface area contributed by atoms with Gasteiger partial charge in [0.2, 0.25) is 0 Å². The van der Waals surface area contributed by atoms with Crippen molar-refractivity contribution >= 4 is 29.3 Å². The van der Waals surface area contributed by atoms with Crippen LogP contribution in [0.3, 0.4) is 0 Å². The number of nitro benzene ring substituents is 1. The van der Waals surface area contributed by atoms with Gasteiger partial charge in [-0.05, 0) is 45.4 Å². The van der Waals surface area contributed by atoms with E-state index < -0.39 is 28.7 Å². The van der Waals surface area contributed by atoms with Gasteiger partial charge in [-0.2, -0.15) is 0 Å². The minimum atomic E-state index is -1.32. The van der Waals surface area contributed by atoms with Crippen LogP contribution in [0.1, 0.15) is 37.8 Å². The number of hydrogen-bond donors (Lipinski definition) is 1. The van der Waals surface area contributed by atoms with Crippen molar-refractivity contribution in [1.82, 2.24) is 0 Å². The molecule has 0 amide bonds. The van der Waals surface area contributed by atoms with E-state index in [9.17, 15) is 24.5 Å². The maximum atomic E-state index is 13.5. The number of carbonyl (C=O) groups is 3. The summed E-state index contributed by atoms with van der Waals surface area (Å²) in [7, 11) is 0. The predicted molar refractivity (Wildman–Crippen MR) is 138 cm³/mol. The van der Waals surface area contributed by atoms with Crippen LogP contribution < -0.4 is 10.6 Å². The number of ether oxygens (including phenoxy) is 3. The highest BCUT2D eigenvalue weighted by Gasteiger charge is 2.46. The fourth-order valence-corrected chi connectivity index (χ4v) is 4.16. The van der Waals surface area contributed by atoms with Crippen LogP contribution in [0.5, 0.6) is 0 Å². The second kappa shape index (κ2) is 12.0. The smallest absolute Gasteiger partial charge is 0.355 e. The maximum absolute atomic E-state index is 13.5. The Morgan fingerprint density at radius 1 is 0.895 bits per heavy atom. The molecule has 0 aromatic heterocycles. The molecule has 1 aliphatic heterocycles. The number of anilines is 1. The molecule has 0 radical (unpaired) electrons. The maximum Gasteiger partial charge on any atom is 0.355 e. The number of esters is 3. The Balaban J connectivity index is 2.48. The number of nitro groups is 1. The summed E-state index contributed by atoms with van der Waals surface area (Å²) in [5.41, 5.74) is 7.05. The molecule has 0 spiro atoms. The molecule has 11 nitrogen and oxygen atoms in total. The zero-order chi connectivity index (χ0) is 28.0. The van der Waals surface area contributed by atoms with Gasteiger partial charge in [0.25, 0.3) is 5.69 Å². The van der Waals surface area contributed by atoms with E-state index in [1.165, 1.54) is 29.2 Å². The third kappa shape index (κ3) is 5.51. The van der Waals surface area contributed by atoms with E-state index in [1.807, 2.05) is 6.92 Å². The second-order valence-electron chi connectivity index (χ2n) is 8.18. The Hall–Kier alpha value is -4.67. The van der Waals surface area contributed by atoms with Crippen LogP contribution >= 0.6 is 0 Å². The zero-order valence-corrected chi connectivity index (χ0v) is 21.6. The Labute approximate surface area is 219 Å². The van der Waals surface area contributed by atoms with E-state index >= 15 is 0 Å². The summed E-state index contributed by atoms with van der Waals surface area (Å²) in [5.74, 6) is -4.19. The summed E-state index contributed by atoms with van der Waals surface area (Å²) in [6.07, 6.45) is 0. The highest BCUT2D eigenvalue weighted by molar-refractivity contribution is 6.09. The van der Waals surface area contributed by atoms with Crippen molar-refractivity contribution in [2.24, 2.45) is 5.73 Å². The highest BCUT2D eigenvalue weighted by Crippen LogP contribution is 2.44. The van der Waals surface area contributed by atoms with Gasteiger partial charge >= 0.3 is 17.9 Å². The first-order valence-corrected chi connectivity index (χ1v) is 12.0. The normalized spacial score (nSPS) is 15.3. The molecule has 2 aromatic carbocycles. The van der Waals surface area contributed by atoms with Gasteiger partial charge in [0, 0.05) is 17.8 Å². The molecule has 1 aliphatic rings. The van der Waals surface area contributed by atoms with Crippen molar-refractivity contribution in [2.45, 2.75) is 33.6 Å². The molecule has 1 unspecified atom stereocenters. The van der Waals surface area contributed by atoms with Gasteiger partial charge in [-0.1, -0.05) is 29.8 Å². The third-order valence-electron chi connectivity index (χ3n) is 5.74. The molecule has 0 aliphatic carbocycles. The standard InChI is InChI=1S/C27H29N3O8/c1-5-36-25(31)21-20(17-9-8-10-19(15-17)30(34)35)22(26(32)37-6-2)24(28)29(23(21)27(33)38-7-3)18-13-11-16(4)12-14-18/h8-15,20H,5-7,28H2,1-4H3. The Bertz CT molecular complexity index is 1310. The number of rotatable bonds is 9. The van der Waals surface area contributed by atoms with Gasteiger partial charge in [-0.25, -0.2) is 14.4 Å². The molecule has 11 heteroatoms. The largest absolute Gasteiger partial charge is 0.463 e. The van der Waals surface area contributed by atoms with Gasteiger partial charge in [-0.3, -0.25) is 15.0 Å². The van der Waals surface area contributed by atoms with Gasteiger partial charge in [-0.15, -0.1) is 0 Å². The number of non-ortho nitro benzene ring substituents is 1. The molecule has 38 heavy (non-hydrogen) atoms. The van der Waals surface area contributed by atoms with Crippen LogP contribution in [-0.2, 0) is 28.6 Å². The topological polar surface area (TPSA) is 151 Å². The van der Waals surface area contributed by atoms with E-state index in [-0.39, 0.29) is 53.7 Å². The highest BCUT2D eigenvalue weighted by atomic mass is 16.6. The summed E-state index contributed by atoms with van der Waals surface area (Å²) in [5, 5.41) is 11.5. The number of hydrogen-bond acceptors (Lipinski definition) is 10. The molecule has 2 aromatic rings. The zero-order valence-electron chi connectivity index (χ0n) is 21.6. The molecule has 2 N–H and O–H groups in total. The average Bonchev–Trinajstić information content (AvgIpc) is 2.89. The summed E-state index contributed by atoms with van der Waals surface area (Å²) in [4.78, 5) is 52.5. The monoisotopic (exact) mass is 523 g/mol. The number of aryl methyl sites for hydroxylation is 1. The third-order valence-corrected chi connectivity index (χ3v) is 5.74. The molecule has 1 heterocycles. The molecule has 0 bridgehead atoms. The van der Waals surface area contributed by atoms with Crippen molar-refractivity contribution in [2.75, 3.05) is 24.7 Å². The lowest BCUT2D eigenvalue weighted by Gasteiger charge is -2.37. The van der Waals surface area contributed by atoms with Gasteiger partial charge in [0.15, 0.2) is 0 Å². The van der Waals surface area contributed by atoms with E-state index in [0.717, 1.165) is 5.56 Å². The minimum absolute atomic E-state index is 0.00894. The van der Waals surface area contributed by atoms with Crippen LogP contribution in [-0.4, -0.2) is 42.7 Å². The average molecular weight is 524 g/mol. The predicted octanol–water partition coefficient (Wildman–Crippen LogP) is 3.62. The van der Waals surface area contributed by atoms with Crippen LogP contribution in [0.4, 0.5) is 11.4 Å². The van der Waals surface area contributed by atoms with Crippen LogP contribution in [0, 0.1) is 17.0 Å². The number of nitrogens with two attached hydrogens (primary N) is 1. The van der Waals surface area contributed by atoms with Gasteiger partial charge in [0.05, 0.1) is 41.8 Å². The number of carbonyl (C=O) groups excluding carboxylic acids is 3. The SMILES string of the molecule is CCOC(=O)C1=C(N)N(c2ccc(C)cc2)C(C(=O)OCC)=C(C(=O)OCC)C1c1cccc([N+](=O)[O-])c1. The second-order valence-corrected chi connectivity index (χ2v) is 8.18. The number of nitrogens with zero attached hydrogens (tertiary/aromatic N) is 2. The lowest BCUT2D eigenvalue weighted by molar-refractivity contribution is -0.384. The molecular formula is C27H29N3O8. The van der Waals surface area contributed by atoms with Gasteiger partial charge < -0.3 is 19.9 Å². The van der Waals surface area contributed by atoms with Crippen molar-refractivity contribution in [1.29, 1.82) is 0 Å². The summed E-state index contributed by atoms with van der Waals surface area (Å²) in [6, 6.07) is 12.3. The van der Waals surface area contributed by atoms with Crippen LogP contribution in [0.25, 0.3) is 0 Å². The fourth-order valence-electron chi connectivity index (χ4n) is 4.16. The molecule has 200 valence electrons. The van der Waals surface area contributed by atoms with Crippen molar-refractivity contribution in [3.63, 3.8) is 0 Å². The summed E-state index contributed by atoms with van der Waals surface area (Å²) in [6.45, 7) is 6.59. The first-order chi connectivity index (χ1) is 18.2. The molecule has 1 atom stereocenters. The van der Waals surface area contributed by atoms with Crippen molar-refractivity contribution in [3.05, 3.63) is 92.4 Å². The Kier molecular flexibility index (Phi) is 8.85. The lowest BCUT2D eigenvalue weighted by atomic mass is 9.80. The quantitative estimate of drug-likeness (QED) is 0.223. The van der Waals surface area contributed by atoms with Crippen molar-refractivity contribution < 1.29 is 33.5 Å².